The fourth-order valence-corrected chi connectivity index (χ4v) is 6.80. The van der Waals surface area contributed by atoms with Crippen LogP contribution in [0.3, 0.4) is 0 Å². The number of benzene rings is 2. The van der Waals surface area contributed by atoms with Gasteiger partial charge in [0.2, 0.25) is 0 Å². The zero-order chi connectivity index (χ0) is 36.7. The molecule has 6 rings (SSSR count). The first kappa shape index (κ1) is 38.4. The van der Waals surface area contributed by atoms with Gasteiger partial charge in [-0.15, -0.1) is 0 Å². The maximum absolute atomic E-state index is 13.5. The minimum absolute atomic E-state index is 0. The largest absolute Gasteiger partial charge is 0.487 e. The molecule has 0 spiro atoms. The molecule has 2 N–H and O–H groups in total. The molecule has 8 nitrogen and oxygen atoms in total. The average molecular weight is 717 g/mol. The summed E-state index contributed by atoms with van der Waals surface area (Å²) in [7, 11) is 0. The first-order valence-corrected chi connectivity index (χ1v) is 18.5. The van der Waals surface area contributed by atoms with Crippen LogP contribution in [0.4, 0.5) is 8.78 Å². The Labute approximate surface area is 308 Å². The van der Waals surface area contributed by atoms with Gasteiger partial charge < -0.3 is 20.1 Å². The number of ether oxygens (including phenoxy) is 2. The van der Waals surface area contributed by atoms with Crippen molar-refractivity contribution in [1.82, 2.24) is 20.6 Å². The number of halogens is 2. The Morgan fingerprint density at radius 3 is 1.69 bits per heavy atom. The van der Waals surface area contributed by atoms with Gasteiger partial charge in [0.25, 0.3) is 11.8 Å². The van der Waals surface area contributed by atoms with Gasteiger partial charge in [0.05, 0.1) is 22.5 Å². The Morgan fingerprint density at radius 1 is 0.692 bits per heavy atom. The molecule has 52 heavy (non-hydrogen) atoms. The highest BCUT2D eigenvalue weighted by atomic mass is 19.1. The molecular formula is C42H54F2N4O4. The first-order chi connectivity index (χ1) is 25.2. The third-order valence-corrected chi connectivity index (χ3v) is 10.0. The number of rotatable bonds is 12. The van der Waals surface area contributed by atoms with Crippen molar-refractivity contribution in [1.29, 1.82) is 0 Å². The number of aromatic nitrogens is 2. The van der Waals surface area contributed by atoms with Crippen LogP contribution in [-0.4, -0.2) is 33.9 Å². The predicted molar refractivity (Wildman–Crippen MR) is 201 cm³/mol. The number of para-hydroxylation sites is 1. The van der Waals surface area contributed by atoms with Gasteiger partial charge in [-0.3, -0.25) is 19.6 Å². The SMILES string of the molecule is C[C@@H](NC(=O)c1ccc(COc2cccc(F)c2)nc1)C1CCCCC1.C[C@@H](NC(=O)c1ccc(COc2ccccc2F)nc1)C1CCCCC1.[HH].[HH]. The molecule has 0 radical (unpaired) electrons. The summed E-state index contributed by atoms with van der Waals surface area (Å²) in [6, 6.07) is 19.6. The molecule has 2 aliphatic rings. The Bertz CT molecular complexity index is 1720. The summed E-state index contributed by atoms with van der Waals surface area (Å²) in [5.41, 5.74) is 2.40. The summed E-state index contributed by atoms with van der Waals surface area (Å²) in [5.74, 6) is 0.848. The highest BCUT2D eigenvalue weighted by Crippen LogP contribution is 2.27. The third-order valence-electron chi connectivity index (χ3n) is 10.0. The van der Waals surface area contributed by atoms with Gasteiger partial charge in [0.15, 0.2) is 11.6 Å². The van der Waals surface area contributed by atoms with Gasteiger partial charge >= 0.3 is 0 Å². The average Bonchev–Trinajstić information content (AvgIpc) is 3.18. The summed E-state index contributed by atoms with van der Waals surface area (Å²) in [5, 5.41) is 6.19. The lowest BCUT2D eigenvalue weighted by Gasteiger charge is -2.28. The fourth-order valence-electron chi connectivity index (χ4n) is 6.80. The van der Waals surface area contributed by atoms with E-state index in [-0.39, 0.29) is 51.5 Å². The maximum Gasteiger partial charge on any atom is 0.253 e. The number of carbonyl (C=O) groups excluding carboxylic acids is 2. The van der Waals surface area contributed by atoms with E-state index in [1.807, 2.05) is 0 Å². The molecule has 10 heteroatoms. The molecule has 0 bridgehead atoms. The Balaban J connectivity index is 0.000000280. The molecule has 2 aromatic carbocycles. The van der Waals surface area contributed by atoms with Crippen molar-refractivity contribution in [3.05, 3.63) is 119 Å². The number of amides is 2. The molecule has 2 fully saturated rings. The van der Waals surface area contributed by atoms with Crippen molar-refractivity contribution >= 4 is 11.8 Å². The molecule has 280 valence electrons. The Morgan fingerprint density at radius 2 is 1.21 bits per heavy atom. The van der Waals surface area contributed by atoms with Gasteiger partial charge in [-0.2, -0.15) is 0 Å². The van der Waals surface area contributed by atoms with E-state index in [1.54, 1.807) is 67.0 Å². The molecule has 2 heterocycles. The second-order valence-electron chi connectivity index (χ2n) is 13.9. The van der Waals surface area contributed by atoms with Crippen molar-refractivity contribution in [2.75, 3.05) is 0 Å². The predicted octanol–water partition coefficient (Wildman–Crippen LogP) is 9.49. The first-order valence-electron chi connectivity index (χ1n) is 18.5. The van der Waals surface area contributed by atoms with Crippen molar-refractivity contribution in [3.63, 3.8) is 0 Å². The molecule has 2 saturated carbocycles. The van der Waals surface area contributed by atoms with Crippen LogP contribution in [0.25, 0.3) is 0 Å². The summed E-state index contributed by atoms with van der Waals surface area (Å²) < 4.78 is 37.6. The number of hydrogen-bond donors (Lipinski definition) is 2. The van der Waals surface area contributed by atoms with E-state index >= 15 is 0 Å². The van der Waals surface area contributed by atoms with E-state index in [4.69, 9.17) is 9.47 Å². The van der Waals surface area contributed by atoms with Gasteiger partial charge in [0.1, 0.15) is 24.8 Å². The lowest BCUT2D eigenvalue weighted by Crippen LogP contribution is -2.38. The molecule has 0 saturated heterocycles. The fraction of sp³-hybridized carbons (Fsp3) is 0.429. The van der Waals surface area contributed by atoms with Gasteiger partial charge in [-0.05, 0) is 99.9 Å². The van der Waals surface area contributed by atoms with Crippen LogP contribution in [0, 0.1) is 23.5 Å². The van der Waals surface area contributed by atoms with Crippen LogP contribution in [0.2, 0.25) is 0 Å². The van der Waals surface area contributed by atoms with Crippen molar-refractivity contribution in [2.45, 2.75) is 103 Å². The highest BCUT2D eigenvalue weighted by Gasteiger charge is 2.23. The van der Waals surface area contributed by atoms with Crippen LogP contribution in [0.1, 0.15) is 113 Å². The van der Waals surface area contributed by atoms with E-state index in [0.29, 0.717) is 40.1 Å². The van der Waals surface area contributed by atoms with Crippen molar-refractivity contribution in [3.8, 4) is 11.5 Å². The smallest absolute Gasteiger partial charge is 0.253 e. The second kappa shape index (κ2) is 19.7. The van der Waals surface area contributed by atoms with Crippen molar-refractivity contribution < 1.29 is 30.7 Å². The number of hydrogen-bond acceptors (Lipinski definition) is 6. The van der Waals surface area contributed by atoms with E-state index in [0.717, 1.165) is 0 Å². The third kappa shape index (κ3) is 11.9. The molecular weight excluding hydrogens is 662 g/mol. The zero-order valence-corrected chi connectivity index (χ0v) is 30.2. The minimum atomic E-state index is -0.403. The standard InChI is InChI=1S/2C21H25FN2O2.2H2/c1-15(16-7-3-2-4-8-16)24-21(25)17-11-12-18(23-13-17)14-26-20-10-6-5-9-19(20)22;1-15(16-6-3-2-4-7-16)24-21(25)17-10-11-19(23-13-17)14-26-20-9-5-8-18(22)12-20;;/h5-6,9-13,15-16H,2-4,7-8,14H2,1H3,(H,24,25);5,8-13,15-16H,2-4,6-7,14H2,1H3,(H,24,25);2*1H/t2*15-;;/m11../s1. The molecule has 0 aliphatic heterocycles. The Kier molecular flexibility index (Phi) is 14.5. The molecule has 2 aromatic heterocycles. The summed E-state index contributed by atoms with van der Waals surface area (Å²) >= 11 is 0. The molecule has 2 amide bonds. The maximum atomic E-state index is 13.5. The van der Waals surface area contributed by atoms with Crippen LogP contribution in [-0.2, 0) is 13.2 Å². The summed E-state index contributed by atoms with van der Waals surface area (Å²) in [4.78, 5) is 33.3. The van der Waals surface area contributed by atoms with Gasteiger partial charge in [-0.25, -0.2) is 8.78 Å². The highest BCUT2D eigenvalue weighted by molar-refractivity contribution is 5.94. The molecule has 2 aliphatic carbocycles. The van der Waals surface area contributed by atoms with Crippen LogP contribution >= 0.6 is 0 Å². The van der Waals surface area contributed by atoms with Gasteiger partial charge in [0, 0.05) is 33.4 Å². The van der Waals surface area contributed by atoms with Crippen molar-refractivity contribution in [2.24, 2.45) is 11.8 Å². The number of carbonyl (C=O) groups is 2. The van der Waals surface area contributed by atoms with Crippen LogP contribution in [0.5, 0.6) is 11.5 Å². The quantitative estimate of drug-likeness (QED) is 0.152. The normalized spacial score (nSPS) is 16.1. The number of nitrogens with one attached hydrogen (secondary N) is 2. The zero-order valence-electron chi connectivity index (χ0n) is 30.2. The second-order valence-corrected chi connectivity index (χ2v) is 13.9. The van der Waals surface area contributed by atoms with E-state index in [2.05, 4.69) is 34.4 Å². The van der Waals surface area contributed by atoms with Crippen LogP contribution in [0.15, 0.2) is 85.2 Å². The molecule has 4 aromatic rings. The number of pyridine rings is 2. The Hall–Kier alpha value is -4.86. The van der Waals surface area contributed by atoms with E-state index < -0.39 is 5.82 Å². The van der Waals surface area contributed by atoms with Gasteiger partial charge in [-0.1, -0.05) is 56.7 Å². The van der Waals surface area contributed by atoms with E-state index in [9.17, 15) is 18.4 Å². The van der Waals surface area contributed by atoms with Crippen LogP contribution < -0.4 is 20.1 Å². The summed E-state index contributed by atoms with van der Waals surface area (Å²) in [6.45, 7) is 4.55. The minimum Gasteiger partial charge on any atom is -0.487 e. The molecule has 0 unspecified atom stereocenters. The number of nitrogens with zero attached hydrogens (tertiary/aromatic N) is 2. The molecule has 2 atom stereocenters. The topological polar surface area (TPSA) is 102 Å². The monoisotopic (exact) mass is 716 g/mol. The lowest BCUT2D eigenvalue weighted by molar-refractivity contribution is 0.0910. The lowest BCUT2D eigenvalue weighted by atomic mass is 9.84. The van der Waals surface area contributed by atoms with E-state index in [1.165, 1.54) is 82.4 Å². The summed E-state index contributed by atoms with van der Waals surface area (Å²) in [6.07, 6.45) is 15.5.